The number of ether oxygens (including phenoxy) is 1. The van der Waals surface area contributed by atoms with Gasteiger partial charge in [0.2, 0.25) is 5.91 Å². The van der Waals surface area contributed by atoms with Gasteiger partial charge in [-0.15, -0.1) is 0 Å². The Morgan fingerprint density at radius 2 is 1.96 bits per heavy atom. The number of morpholine rings is 1. The zero-order valence-electron chi connectivity index (χ0n) is 15.7. The Kier molecular flexibility index (Phi) is 5.37. The molecule has 1 saturated carbocycles. The fourth-order valence-electron chi connectivity index (χ4n) is 3.65. The highest BCUT2D eigenvalue weighted by Crippen LogP contribution is 2.48. The molecule has 2 atom stereocenters. The second-order valence-corrected chi connectivity index (χ2v) is 7.55. The van der Waals surface area contributed by atoms with E-state index in [2.05, 4.69) is 10.4 Å². The highest BCUT2D eigenvalue weighted by molar-refractivity contribution is 6.30. The molecule has 148 valence electrons. The number of nitrogens with one attached hydrogen (secondary N) is 1. The second-order valence-electron chi connectivity index (χ2n) is 7.12. The molecule has 1 aliphatic carbocycles. The summed E-state index contributed by atoms with van der Waals surface area (Å²) in [5.74, 6) is -0.107. The molecule has 4 rings (SSSR count). The number of carbonyl (C=O) groups is 2. The molecule has 1 aliphatic heterocycles. The van der Waals surface area contributed by atoms with E-state index in [4.69, 9.17) is 16.3 Å². The Morgan fingerprint density at radius 1 is 1.25 bits per heavy atom. The monoisotopic (exact) mass is 402 g/mol. The van der Waals surface area contributed by atoms with Crippen LogP contribution in [-0.2, 0) is 16.1 Å². The van der Waals surface area contributed by atoms with Crippen LogP contribution in [0.15, 0.2) is 30.5 Å². The molecule has 7 nitrogen and oxygen atoms in total. The fraction of sp³-hybridized carbons (Fsp3) is 0.450. The maximum Gasteiger partial charge on any atom is 0.274 e. The van der Waals surface area contributed by atoms with Crippen LogP contribution in [0.4, 0.5) is 5.69 Å². The molecule has 2 fully saturated rings. The van der Waals surface area contributed by atoms with Gasteiger partial charge in [-0.3, -0.25) is 14.3 Å². The van der Waals surface area contributed by atoms with Gasteiger partial charge in [0.25, 0.3) is 5.91 Å². The largest absolute Gasteiger partial charge is 0.378 e. The van der Waals surface area contributed by atoms with Crippen molar-refractivity contribution in [3.05, 3.63) is 46.7 Å². The molecule has 1 saturated heterocycles. The number of anilines is 1. The highest BCUT2D eigenvalue weighted by atomic mass is 35.5. The predicted molar refractivity (Wildman–Crippen MR) is 106 cm³/mol. The van der Waals surface area contributed by atoms with E-state index in [-0.39, 0.29) is 23.7 Å². The zero-order chi connectivity index (χ0) is 19.7. The standard InChI is InChI=1S/C20H23ClN4O3/c1-2-25-18(20(27)24-7-9-28-10-8-24)17(12-22-25)23-19(26)16-11-15(16)13-3-5-14(21)6-4-13/h3-6,12,15-16H,2,7-11H2,1H3,(H,23,26). The van der Waals surface area contributed by atoms with E-state index >= 15 is 0 Å². The van der Waals surface area contributed by atoms with Crippen molar-refractivity contribution in [2.24, 2.45) is 5.92 Å². The van der Waals surface area contributed by atoms with Crippen molar-refractivity contribution in [2.45, 2.75) is 25.8 Å². The van der Waals surface area contributed by atoms with E-state index in [1.54, 1.807) is 15.8 Å². The predicted octanol–water partition coefficient (Wildman–Crippen LogP) is 2.77. The van der Waals surface area contributed by atoms with Crippen LogP contribution in [-0.4, -0.2) is 52.8 Å². The second kappa shape index (κ2) is 7.93. The topological polar surface area (TPSA) is 76.5 Å². The first kappa shape index (κ1) is 19.0. The summed E-state index contributed by atoms with van der Waals surface area (Å²) in [5.41, 5.74) is 2.02. The van der Waals surface area contributed by atoms with Crippen molar-refractivity contribution in [3.8, 4) is 0 Å². The van der Waals surface area contributed by atoms with Gasteiger partial charge in [0, 0.05) is 30.6 Å². The van der Waals surface area contributed by atoms with Crippen LogP contribution in [0.5, 0.6) is 0 Å². The normalized spacial score (nSPS) is 21.4. The molecule has 2 amide bonds. The van der Waals surface area contributed by atoms with Crippen molar-refractivity contribution in [1.82, 2.24) is 14.7 Å². The van der Waals surface area contributed by atoms with Gasteiger partial charge in [0.15, 0.2) is 0 Å². The SMILES string of the molecule is CCn1ncc(NC(=O)C2CC2c2ccc(Cl)cc2)c1C(=O)N1CCOCC1. The van der Waals surface area contributed by atoms with Crippen LogP contribution in [0.25, 0.3) is 0 Å². The number of hydrogen-bond acceptors (Lipinski definition) is 4. The molecule has 0 radical (unpaired) electrons. The van der Waals surface area contributed by atoms with Crippen LogP contribution < -0.4 is 5.32 Å². The lowest BCUT2D eigenvalue weighted by molar-refractivity contribution is -0.117. The Morgan fingerprint density at radius 3 is 2.64 bits per heavy atom. The maximum atomic E-state index is 13.0. The number of benzene rings is 1. The first-order valence-corrected chi connectivity index (χ1v) is 9.95. The quantitative estimate of drug-likeness (QED) is 0.834. The van der Waals surface area contributed by atoms with Crippen molar-refractivity contribution in [1.29, 1.82) is 0 Å². The number of halogens is 1. The summed E-state index contributed by atoms with van der Waals surface area (Å²) in [5, 5.41) is 7.89. The summed E-state index contributed by atoms with van der Waals surface area (Å²) in [6, 6.07) is 7.61. The number of amides is 2. The molecule has 0 bridgehead atoms. The number of aromatic nitrogens is 2. The lowest BCUT2D eigenvalue weighted by Gasteiger charge is -2.27. The van der Waals surface area contributed by atoms with Gasteiger partial charge in [-0.05, 0) is 37.0 Å². The van der Waals surface area contributed by atoms with Crippen molar-refractivity contribution < 1.29 is 14.3 Å². The van der Waals surface area contributed by atoms with Gasteiger partial charge in [-0.1, -0.05) is 23.7 Å². The van der Waals surface area contributed by atoms with Crippen molar-refractivity contribution in [3.63, 3.8) is 0 Å². The van der Waals surface area contributed by atoms with Crippen molar-refractivity contribution in [2.75, 3.05) is 31.6 Å². The number of hydrogen-bond donors (Lipinski definition) is 1. The van der Waals surface area contributed by atoms with Gasteiger partial charge < -0.3 is 15.0 Å². The van der Waals surface area contributed by atoms with E-state index in [1.807, 2.05) is 31.2 Å². The molecule has 1 aromatic carbocycles. The van der Waals surface area contributed by atoms with Crippen LogP contribution in [0, 0.1) is 5.92 Å². The third-order valence-corrected chi connectivity index (χ3v) is 5.58. The summed E-state index contributed by atoms with van der Waals surface area (Å²) in [6.07, 6.45) is 2.36. The van der Waals surface area contributed by atoms with E-state index in [1.165, 1.54) is 0 Å². The molecule has 1 aromatic heterocycles. The van der Waals surface area contributed by atoms with E-state index in [9.17, 15) is 9.59 Å². The summed E-state index contributed by atoms with van der Waals surface area (Å²) in [6.45, 7) is 4.62. The third-order valence-electron chi connectivity index (χ3n) is 5.32. The average Bonchev–Trinajstić information content (AvgIpc) is 3.43. The number of aryl methyl sites for hydroxylation is 1. The molecule has 1 N–H and O–H groups in total. The highest BCUT2D eigenvalue weighted by Gasteiger charge is 2.44. The minimum absolute atomic E-state index is 0.0772. The van der Waals surface area contributed by atoms with Crippen molar-refractivity contribution >= 4 is 29.1 Å². The van der Waals surface area contributed by atoms with Crippen LogP contribution in [0.1, 0.15) is 35.3 Å². The Bertz CT molecular complexity index is 874. The van der Waals surface area contributed by atoms with Gasteiger partial charge in [0.1, 0.15) is 5.69 Å². The summed E-state index contributed by atoms with van der Waals surface area (Å²) in [7, 11) is 0. The molecule has 0 spiro atoms. The van der Waals surface area contributed by atoms with E-state index in [0.29, 0.717) is 49.3 Å². The minimum Gasteiger partial charge on any atom is -0.378 e. The van der Waals surface area contributed by atoms with Gasteiger partial charge >= 0.3 is 0 Å². The molecule has 2 heterocycles. The van der Waals surface area contributed by atoms with E-state index < -0.39 is 0 Å². The van der Waals surface area contributed by atoms with Gasteiger partial charge in [-0.25, -0.2) is 0 Å². The van der Waals surface area contributed by atoms with Crippen LogP contribution in [0.3, 0.4) is 0 Å². The average molecular weight is 403 g/mol. The van der Waals surface area contributed by atoms with Gasteiger partial charge in [-0.2, -0.15) is 5.10 Å². The Labute approximate surface area is 168 Å². The summed E-state index contributed by atoms with van der Waals surface area (Å²) >= 11 is 5.94. The van der Waals surface area contributed by atoms with Crippen LogP contribution in [0.2, 0.25) is 5.02 Å². The lowest BCUT2D eigenvalue weighted by Crippen LogP contribution is -2.41. The van der Waals surface area contributed by atoms with Crippen LogP contribution >= 0.6 is 11.6 Å². The molecular weight excluding hydrogens is 380 g/mol. The first-order chi connectivity index (χ1) is 13.6. The maximum absolute atomic E-state index is 13.0. The Hall–Kier alpha value is -2.38. The fourth-order valence-corrected chi connectivity index (χ4v) is 3.77. The van der Waals surface area contributed by atoms with E-state index in [0.717, 1.165) is 12.0 Å². The summed E-state index contributed by atoms with van der Waals surface area (Å²) in [4.78, 5) is 27.5. The number of rotatable bonds is 5. The first-order valence-electron chi connectivity index (χ1n) is 9.57. The molecule has 2 aliphatic rings. The molecule has 2 unspecified atom stereocenters. The zero-order valence-corrected chi connectivity index (χ0v) is 16.5. The Balaban J connectivity index is 1.47. The number of nitrogens with zero attached hydrogens (tertiary/aromatic N) is 3. The molecule has 8 heteroatoms. The smallest absolute Gasteiger partial charge is 0.274 e. The van der Waals surface area contributed by atoms with Gasteiger partial charge in [0.05, 0.1) is 25.1 Å². The summed E-state index contributed by atoms with van der Waals surface area (Å²) < 4.78 is 6.96. The molecule has 2 aromatic rings. The number of carbonyl (C=O) groups excluding carboxylic acids is 2. The third kappa shape index (κ3) is 3.77. The molecular formula is C20H23ClN4O3. The lowest BCUT2D eigenvalue weighted by atomic mass is 10.1. The molecule has 28 heavy (non-hydrogen) atoms. The minimum atomic E-state index is -0.122.